The van der Waals surface area contributed by atoms with Crippen molar-refractivity contribution in [2.75, 3.05) is 18.1 Å². The maximum atomic E-state index is 9.07. The van der Waals surface area contributed by atoms with Crippen molar-refractivity contribution in [2.24, 2.45) is 0 Å². The van der Waals surface area contributed by atoms with E-state index in [1.807, 2.05) is 18.3 Å². The number of fused-ring (bicyclic) bond motifs is 1. The lowest BCUT2D eigenvalue weighted by molar-refractivity contribution is 0.306. The minimum atomic E-state index is 0.585. The fraction of sp³-hybridized carbons (Fsp3) is 0.231. The lowest BCUT2D eigenvalue weighted by atomic mass is 10.1. The molecule has 1 aliphatic heterocycles. The Morgan fingerprint density at radius 2 is 2.44 bits per heavy atom. The number of aromatic nitrogens is 2. The molecule has 0 aliphatic carbocycles. The number of rotatable bonds is 2. The first kappa shape index (κ1) is 10.7. The number of para-hydroxylation sites is 1. The van der Waals surface area contributed by atoms with Gasteiger partial charge in [0, 0.05) is 6.20 Å². The number of H-pyrrole nitrogens is 1. The number of anilines is 1. The van der Waals surface area contributed by atoms with Crippen LogP contribution in [0.1, 0.15) is 11.3 Å². The summed E-state index contributed by atoms with van der Waals surface area (Å²) in [6, 6.07) is 7.80. The largest absolute Gasteiger partial charge is 0.488 e. The maximum absolute atomic E-state index is 9.07. The zero-order valence-electron chi connectivity index (χ0n) is 9.76. The second-order valence-corrected chi connectivity index (χ2v) is 4.11. The Balaban J connectivity index is 1.95. The Morgan fingerprint density at radius 3 is 3.22 bits per heavy atom. The highest BCUT2D eigenvalue weighted by atomic mass is 16.5. The third-order valence-corrected chi connectivity index (χ3v) is 2.98. The molecular formula is C13H12N4O. The van der Waals surface area contributed by atoms with Crippen LogP contribution in [0.3, 0.4) is 0 Å². The van der Waals surface area contributed by atoms with Gasteiger partial charge in [-0.3, -0.25) is 0 Å². The van der Waals surface area contributed by atoms with Gasteiger partial charge in [-0.25, -0.2) is 4.98 Å². The van der Waals surface area contributed by atoms with Gasteiger partial charge in [-0.05, 0) is 12.1 Å². The van der Waals surface area contributed by atoms with Crippen LogP contribution >= 0.6 is 0 Å². The van der Waals surface area contributed by atoms with Gasteiger partial charge in [0.2, 0.25) is 0 Å². The quantitative estimate of drug-likeness (QED) is 0.867. The van der Waals surface area contributed by atoms with Crippen LogP contribution in [0.4, 0.5) is 5.69 Å². The third-order valence-electron chi connectivity index (χ3n) is 2.98. The van der Waals surface area contributed by atoms with Crippen molar-refractivity contribution in [3.05, 3.63) is 42.0 Å². The number of ether oxygens (including phenoxy) is 1. The monoisotopic (exact) mass is 240 g/mol. The van der Waals surface area contributed by atoms with Gasteiger partial charge in [0.15, 0.2) is 5.75 Å². The zero-order chi connectivity index (χ0) is 12.4. The number of nitrogens with one attached hydrogen (secondary N) is 1. The molecule has 0 spiro atoms. The van der Waals surface area contributed by atoms with Crippen molar-refractivity contribution in [2.45, 2.75) is 6.54 Å². The highest BCUT2D eigenvalue weighted by Crippen LogP contribution is 2.35. The first-order valence-corrected chi connectivity index (χ1v) is 5.76. The SMILES string of the molecule is N#Cc1cccc2c1OCCN2Cc1cnc[nH]1. The number of hydrogen-bond donors (Lipinski definition) is 1. The van der Waals surface area contributed by atoms with E-state index in [9.17, 15) is 0 Å². The van der Waals surface area contributed by atoms with Crippen LogP contribution in [-0.2, 0) is 6.54 Å². The average Bonchev–Trinajstić information content (AvgIpc) is 2.91. The van der Waals surface area contributed by atoms with Crippen LogP contribution < -0.4 is 9.64 Å². The summed E-state index contributed by atoms with van der Waals surface area (Å²) in [5.74, 6) is 0.686. The van der Waals surface area contributed by atoms with Crippen molar-refractivity contribution in [1.29, 1.82) is 5.26 Å². The molecule has 0 amide bonds. The molecule has 18 heavy (non-hydrogen) atoms. The van der Waals surface area contributed by atoms with Gasteiger partial charge in [-0.2, -0.15) is 5.26 Å². The van der Waals surface area contributed by atoms with E-state index < -0.39 is 0 Å². The Morgan fingerprint density at radius 1 is 1.50 bits per heavy atom. The summed E-state index contributed by atoms with van der Waals surface area (Å²) in [7, 11) is 0. The van der Waals surface area contributed by atoms with Gasteiger partial charge >= 0.3 is 0 Å². The minimum absolute atomic E-state index is 0.585. The summed E-state index contributed by atoms with van der Waals surface area (Å²) in [5, 5.41) is 9.07. The molecule has 0 bridgehead atoms. The predicted molar refractivity (Wildman–Crippen MR) is 66.3 cm³/mol. The first-order valence-electron chi connectivity index (χ1n) is 5.76. The first-order chi connectivity index (χ1) is 8.88. The Hall–Kier alpha value is -2.48. The third kappa shape index (κ3) is 1.78. The van der Waals surface area contributed by atoms with Crippen molar-refractivity contribution < 1.29 is 4.74 Å². The molecule has 0 fully saturated rings. The molecule has 0 radical (unpaired) electrons. The van der Waals surface area contributed by atoms with E-state index in [2.05, 4.69) is 20.9 Å². The van der Waals surface area contributed by atoms with E-state index in [1.54, 1.807) is 12.4 Å². The van der Waals surface area contributed by atoms with E-state index in [0.717, 1.165) is 24.5 Å². The predicted octanol–water partition coefficient (Wildman–Crippen LogP) is 1.68. The van der Waals surface area contributed by atoms with Gasteiger partial charge in [-0.1, -0.05) is 6.07 Å². The normalized spacial score (nSPS) is 13.6. The lowest BCUT2D eigenvalue weighted by Gasteiger charge is -2.31. The second-order valence-electron chi connectivity index (χ2n) is 4.11. The molecule has 5 heteroatoms. The highest BCUT2D eigenvalue weighted by Gasteiger charge is 2.21. The summed E-state index contributed by atoms with van der Waals surface area (Å²) in [5.41, 5.74) is 2.60. The number of nitriles is 1. The molecule has 0 atom stereocenters. The van der Waals surface area contributed by atoms with E-state index >= 15 is 0 Å². The Kier molecular flexibility index (Phi) is 2.61. The van der Waals surface area contributed by atoms with E-state index in [-0.39, 0.29) is 0 Å². The van der Waals surface area contributed by atoms with Crippen molar-refractivity contribution >= 4 is 5.69 Å². The number of hydrogen-bond acceptors (Lipinski definition) is 4. The fourth-order valence-electron chi connectivity index (χ4n) is 2.13. The molecule has 0 unspecified atom stereocenters. The minimum Gasteiger partial charge on any atom is -0.488 e. The molecule has 1 aromatic carbocycles. The van der Waals surface area contributed by atoms with E-state index in [4.69, 9.17) is 10.00 Å². The number of nitrogens with zero attached hydrogens (tertiary/aromatic N) is 3. The molecule has 1 aliphatic rings. The van der Waals surface area contributed by atoms with Crippen molar-refractivity contribution in [3.63, 3.8) is 0 Å². The summed E-state index contributed by atoms with van der Waals surface area (Å²) in [6.45, 7) is 2.14. The summed E-state index contributed by atoms with van der Waals surface area (Å²) >= 11 is 0. The van der Waals surface area contributed by atoms with Crippen LogP contribution in [0.5, 0.6) is 5.75 Å². The van der Waals surface area contributed by atoms with Crippen molar-refractivity contribution in [3.8, 4) is 11.8 Å². The second kappa shape index (κ2) is 4.41. The van der Waals surface area contributed by atoms with Crippen LogP contribution in [0.15, 0.2) is 30.7 Å². The van der Waals surface area contributed by atoms with Gasteiger partial charge in [-0.15, -0.1) is 0 Å². The molecule has 90 valence electrons. The molecule has 2 aromatic rings. The van der Waals surface area contributed by atoms with Crippen LogP contribution in [0.2, 0.25) is 0 Å². The van der Waals surface area contributed by atoms with Gasteiger partial charge in [0.1, 0.15) is 12.7 Å². The summed E-state index contributed by atoms with van der Waals surface area (Å²) < 4.78 is 5.60. The van der Waals surface area contributed by atoms with Crippen LogP contribution in [0, 0.1) is 11.3 Å². The number of imidazole rings is 1. The van der Waals surface area contributed by atoms with Gasteiger partial charge < -0.3 is 14.6 Å². The lowest BCUT2D eigenvalue weighted by Crippen LogP contribution is -2.32. The maximum Gasteiger partial charge on any atom is 0.160 e. The number of aromatic amines is 1. The highest BCUT2D eigenvalue weighted by molar-refractivity contribution is 5.66. The van der Waals surface area contributed by atoms with E-state index in [0.29, 0.717) is 17.9 Å². The van der Waals surface area contributed by atoms with E-state index in [1.165, 1.54) is 0 Å². The van der Waals surface area contributed by atoms with Gasteiger partial charge in [0.25, 0.3) is 0 Å². The molecule has 5 nitrogen and oxygen atoms in total. The molecule has 1 aromatic heterocycles. The summed E-state index contributed by atoms with van der Waals surface area (Å²) in [4.78, 5) is 9.28. The molecule has 2 heterocycles. The molecule has 0 saturated carbocycles. The van der Waals surface area contributed by atoms with Gasteiger partial charge in [0.05, 0.1) is 36.4 Å². The molecule has 3 rings (SSSR count). The smallest absolute Gasteiger partial charge is 0.160 e. The average molecular weight is 240 g/mol. The molecular weight excluding hydrogens is 228 g/mol. The Labute approximate surface area is 105 Å². The standard InChI is InChI=1S/C13H12N4O/c14-6-10-2-1-3-12-13(10)18-5-4-17(12)8-11-7-15-9-16-11/h1-3,7,9H,4-5,8H2,(H,15,16). The fourth-order valence-corrected chi connectivity index (χ4v) is 2.13. The molecule has 0 saturated heterocycles. The van der Waals surface area contributed by atoms with Crippen molar-refractivity contribution in [1.82, 2.24) is 9.97 Å². The summed E-state index contributed by atoms with van der Waals surface area (Å²) in [6.07, 6.45) is 3.48. The Bertz CT molecular complexity index is 586. The zero-order valence-corrected chi connectivity index (χ0v) is 9.76. The molecule has 1 N–H and O–H groups in total. The van der Waals surface area contributed by atoms with Crippen LogP contribution in [0.25, 0.3) is 0 Å². The topological polar surface area (TPSA) is 64.9 Å². The number of benzene rings is 1. The van der Waals surface area contributed by atoms with Crippen LogP contribution in [-0.4, -0.2) is 23.1 Å².